The Labute approximate surface area is 167 Å². The highest BCUT2D eigenvalue weighted by molar-refractivity contribution is 6.27. The first-order chi connectivity index (χ1) is 13.0. The van der Waals surface area contributed by atoms with Gasteiger partial charge in [0, 0.05) is 32.7 Å². The highest BCUT2D eigenvalue weighted by Crippen LogP contribution is 2.33. The first-order valence-electron chi connectivity index (χ1n) is 9.62. The second-order valence-corrected chi connectivity index (χ2v) is 8.16. The molecule has 7 heteroatoms. The zero-order chi connectivity index (χ0) is 21.3. The molecule has 1 fully saturated rings. The summed E-state index contributed by atoms with van der Waals surface area (Å²) in [6, 6.07) is 6.47. The van der Waals surface area contributed by atoms with E-state index in [0.29, 0.717) is 0 Å². The number of aryl methyl sites for hydroxylation is 1. The zero-order valence-electron chi connectivity index (χ0n) is 17.7. The van der Waals surface area contributed by atoms with Gasteiger partial charge < -0.3 is 24.7 Å². The van der Waals surface area contributed by atoms with E-state index in [-0.39, 0.29) is 5.41 Å². The highest BCUT2D eigenvalue weighted by Gasteiger charge is 2.20. The third-order valence-corrected chi connectivity index (χ3v) is 4.66. The Morgan fingerprint density at radius 1 is 1.07 bits per heavy atom. The monoisotopic (exact) mass is 394 g/mol. The number of aliphatic carboxylic acids is 2. The van der Waals surface area contributed by atoms with E-state index in [1.165, 1.54) is 37.3 Å². The average Bonchev–Trinajstić information content (AvgIpc) is 2.60. The average molecular weight is 395 g/mol. The number of carbonyl (C=O) groups is 2. The molecule has 2 N–H and O–H groups in total. The van der Waals surface area contributed by atoms with Crippen molar-refractivity contribution in [2.24, 2.45) is 0 Å². The SMILES string of the molecule is Cc1cccc(C(C)(C)C)c1OCCCN1CCN(C)CC1.O=C(O)C(=O)O. The molecular formula is C21H34N2O5. The van der Waals surface area contributed by atoms with Crippen LogP contribution in [0.25, 0.3) is 0 Å². The minimum absolute atomic E-state index is 0.124. The third kappa shape index (κ3) is 8.27. The summed E-state index contributed by atoms with van der Waals surface area (Å²) in [6.07, 6.45) is 1.10. The fourth-order valence-corrected chi connectivity index (χ4v) is 2.97. The molecule has 1 heterocycles. The molecule has 1 aliphatic heterocycles. The summed E-state index contributed by atoms with van der Waals surface area (Å²) in [5.74, 6) is -2.56. The van der Waals surface area contributed by atoms with Gasteiger partial charge in [-0.2, -0.15) is 0 Å². The fraction of sp³-hybridized carbons (Fsp3) is 0.619. The van der Waals surface area contributed by atoms with Crippen LogP contribution < -0.4 is 4.74 Å². The van der Waals surface area contributed by atoms with E-state index in [9.17, 15) is 0 Å². The number of carboxylic acids is 2. The lowest BCUT2D eigenvalue weighted by Gasteiger charge is -2.32. The second kappa shape index (κ2) is 11.0. The van der Waals surface area contributed by atoms with Crippen LogP contribution in [-0.4, -0.2) is 78.3 Å². The fourth-order valence-electron chi connectivity index (χ4n) is 2.97. The van der Waals surface area contributed by atoms with Gasteiger partial charge in [0.1, 0.15) is 5.75 Å². The third-order valence-electron chi connectivity index (χ3n) is 4.66. The van der Waals surface area contributed by atoms with Crippen molar-refractivity contribution in [2.45, 2.75) is 39.5 Å². The molecule has 1 saturated heterocycles. The lowest BCUT2D eigenvalue weighted by atomic mass is 9.85. The van der Waals surface area contributed by atoms with Gasteiger partial charge in [-0.1, -0.05) is 39.0 Å². The van der Waals surface area contributed by atoms with Crippen LogP contribution in [0.15, 0.2) is 18.2 Å². The summed E-state index contributed by atoms with van der Waals surface area (Å²) < 4.78 is 6.17. The van der Waals surface area contributed by atoms with Crippen LogP contribution in [0.5, 0.6) is 5.75 Å². The molecule has 0 radical (unpaired) electrons. The number of nitrogens with zero attached hydrogens (tertiary/aromatic N) is 2. The van der Waals surface area contributed by atoms with Gasteiger partial charge in [0.2, 0.25) is 0 Å². The van der Waals surface area contributed by atoms with Crippen molar-refractivity contribution in [1.29, 1.82) is 0 Å². The Hall–Kier alpha value is -2.12. The van der Waals surface area contributed by atoms with Gasteiger partial charge in [-0.25, -0.2) is 9.59 Å². The number of hydrogen-bond acceptors (Lipinski definition) is 5. The number of likely N-dealkylation sites (N-methyl/N-ethyl adjacent to an activating group) is 1. The number of rotatable bonds is 5. The van der Waals surface area contributed by atoms with E-state index < -0.39 is 11.9 Å². The Morgan fingerprint density at radius 2 is 1.64 bits per heavy atom. The first-order valence-corrected chi connectivity index (χ1v) is 9.62. The van der Waals surface area contributed by atoms with Gasteiger partial charge in [-0.05, 0) is 36.9 Å². The number of hydrogen-bond donors (Lipinski definition) is 2. The summed E-state index contributed by atoms with van der Waals surface area (Å²) in [7, 11) is 2.20. The molecule has 0 spiro atoms. The van der Waals surface area contributed by atoms with Crippen molar-refractivity contribution >= 4 is 11.9 Å². The molecule has 1 aromatic rings. The Morgan fingerprint density at radius 3 is 2.14 bits per heavy atom. The van der Waals surface area contributed by atoms with Crippen LogP contribution in [0.4, 0.5) is 0 Å². The minimum atomic E-state index is -1.82. The van der Waals surface area contributed by atoms with Crippen LogP contribution in [0.2, 0.25) is 0 Å². The van der Waals surface area contributed by atoms with E-state index in [2.05, 4.69) is 62.7 Å². The number of benzene rings is 1. The molecule has 0 aromatic heterocycles. The minimum Gasteiger partial charge on any atom is -0.493 e. The molecule has 0 amide bonds. The highest BCUT2D eigenvalue weighted by atomic mass is 16.5. The van der Waals surface area contributed by atoms with E-state index >= 15 is 0 Å². The molecule has 158 valence electrons. The number of ether oxygens (including phenoxy) is 1. The van der Waals surface area contributed by atoms with Crippen molar-refractivity contribution in [3.05, 3.63) is 29.3 Å². The van der Waals surface area contributed by atoms with Gasteiger partial charge in [-0.3, -0.25) is 0 Å². The normalized spacial score (nSPS) is 15.5. The van der Waals surface area contributed by atoms with Crippen LogP contribution in [0.3, 0.4) is 0 Å². The molecular weight excluding hydrogens is 360 g/mol. The van der Waals surface area contributed by atoms with Crippen molar-refractivity contribution in [3.8, 4) is 5.75 Å². The van der Waals surface area contributed by atoms with Crippen LogP contribution >= 0.6 is 0 Å². The molecule has 0 aliphatic carbocycles. The quantitative estimate of drug-likeness (QED) is 0.586. The number of carboxylic acid groups (broad SMARTS) is 2. The van der Waals surface area contributed by atoms with Gasteiger partial charge in [0.15, 0.2) is 0 Å². The van der Waals surface area contributed by atoms with Crippen LogP contribution in [0, 0.1) is 6.92 Å². The van der Waals surface area contributed by atoms with E-state index in [1.807, 2.05) is 0 Å². The van der Waals surface area contributed by atoms with Gasteiger partial charge in [0.05, 0.1) is 6.61 Å². The van der Waals surface area contributed by atoms with Gasteiger partial charge in [-0.15, -0.1) is 0 Å². The first kappa shape index (κ1) is 23.9. The predicted molar refractivity (Wildman–Crippen MR) is 109 cm³/mol. The van der Waals surface area contributed by atoms with E-state index in [0.717, 1.165) is 25.3 Å². The maximum Gasteiger partial charge on any atom is 0.414 e. The van der Waals surface area contributed by atoms with E-state index in [4.69, 9.17) is 24.5 Å². The standard InChI is InChI=1S/C19H32N2O.C2H2O4/c1-16-8-6-9-17(19(2,3)4)18(16)22-15-7-10-21-13-11-20(5)12-14-21;3-1(4)2(5)6/h6,8-9H,7,10-15H2,1-5H3;(H,3,4)(H,5,6). The molecule has 0 atom stereocenters. The smallest absolute Gasteiger partial charge is 0.414 e. The van der Waals surface area contributed by atoms with Crippen molar-refractivity contribution in [1.82, 2.24) is 9.80 Å². The van der Waals surface area contributed by atoms with Crippen LogP contribution in [-0.2, 0) is 15.0 Å². The molecule has 0 unspecified atom stereocenters. The maximum atomic E-state index is 9.10. The molecule has 0 saturated carbocycles. The topological polar surface area (TPSA) is 90.3 Å². The van der Waals surface area contributed by atoms with Gasteiger partial charge in [0.25, 0.3) is 0 Å². The van der Waals surface area contributed by atoms with Gasteiger partial charge >= 0.3 is 11.9 Å². The molecule has 0 bridgehead atoms. The molecule has 1 aliphatic rings. The van der Waals surface area contributed by atoms with Crippen LogP contribution in [0.1, 0.15) is 38.3 Å². The summed E-state index contributed by atoms with van der Waals surface area (Å²) in [6.45, 7) is 15.6. The summed E-state index contributed by atoms with van der Waals surface area (Å²) in [4.78, 5) is 23.1. The largest absolute Gasteiger partial charge is 0.493 e. The Balaban J connectivity index is 0.000000568. The second-order valence-electron chi connectivity index (χ2n) is 8.16. The molecule has 2 rings (SSSR count). The summed E-state index contributed by atoms with van der Waals surface area (Å²) in [5.41, 5.74) is 2.68. The predicted octanol–water partition coefficient (Wildman–Crippen LogP) is 2.46. The molecule has 7 nitrogen and oxygen atoms in total. The van der Waals surface area contributed by atoms with Crippen molar-refractivity contribution in [3.63, 3.8) is 0 Å². The van der Waals surface area contributed by atoms with E-state index in [1.54, 1.807) is 0 Å². The molecule has 1 aromatic carbocycles. The zero-order valence-corrected chi connectivity index (χ0v) is 17.7. The Kier molecular flexibility index (Phi) is 9.41. The van der Waals surface area contributed by atoms with Crippen molar-refractivity contribution < 1.29 is 24.5 Å². The lowest BCUT2D eigenvalue weighted by Crippen LogP contribution is -2.44. The lowest BCUT2D eigenvalue weighted by molar-refractivity contribution is -0.159. The summed E-state index contributed by atoms with van der Waals surface area (Å²) >= 11 is 0. The maximum absolute atomic E-state index is 9.10. The van der Waals surface area contributed by atoms with Crippen molar-refractivity contribution in [2.75, 3.05) is 46.4 Å². The number of piperazine rings is 1. The Bertz CT molecular complexity index is 635. The number of para-hydroxylation sites is 1. The molecule has 28 heavy (non-hydrogen) atoms. The summed E-state index contributed by atoms with van der Waals surface area (Å²) in [5, 5.41) is 14.8.